The van der Waals surface area contributed by atoms with Gasteiger partial charge in [0.2, 0.25) is 0 Å². The SMILES string of the molecule is CC(C)(C)NCCc1ncc(-c2cccc(C#N)c2)[nH]1. The second-order valence-corrected chi connectivity index (χ2v) is 5.86. The van der Waals surface area contributed by atoms with Gasteiger partial charge in [0.1, 0.15) is 5.82 Å². The molecule has 0 aliphatic rings. The number of nitriles is 1. The second-order valence-electron chi connectivity index (χ2n) is 5.86. The van der Waals surface area contributed by atoms with Crippen LogP contribution in [0.3, 0.4) is 0 Å². The maximum Gasteiger partial charge on any atom is 0.107 e. The summed E-state index contributed by atoms with van der Waals surface area (Å²) < 4.78 is 0. The molecule has 1 aromatic heterocycles. The number of H-pyrrole nitrogens is 1. The Labute approximate surface area is 119 Å². The molecule has 0 aliphatic heterocycles. The van der Waals surface area contributed by atoms with Gasteiger partial charge in [0, 0.05) is 24.1 Å². The molecular weight excluding hydrogens is 248 g/mol. The number of aromatic amines is 1. The summed E-state index contributed by atoms with van der Waals surface area (Å²) >= 11 is 0. The summed E-state index contributed by atoms with van der Waals surface area (Å²) in [6.07, 6.45) is 2.68. The molecule has 0 fully saturated rings. The minimum Gasteiger partial charge on any atom is -0.342 e. The molecule has 0 bridgehead atoms. The first-order valence-corrected chi connectivity index (χ1v) is 6.77. The molecule has 20 heavy (non-hydrogen) atoms. The van der Waals surface area contributed by atoms with Gasteiger partial charge in [-0.2, -0.15) is 5.26 Å². The summed E-state index contributed by atoms with van der Waals surface area (Å²) in [5.41, 5.74) is 2.73. The van der Waals surface area contributed by atoms with E-state index in [1.165, 1.54) is 0 Å². The van der Waals surface area contributed by atoms with E-state index in [-0.39, 0.29) is 5.54 Å². The van der Waals surface area contributed by atoms with Crippen LogP contribution in [0, 0.1) is 11.3 Å². The quantitative estimate of drug-likeness (QED) is 0.896. The summed E-state index contributed by atoms with van der Waals surface area (Å²) in [5.74, 6) is 0.958. The third-order valence-electron chi connectivity index (χ3n) is 2.95. The van der Waals surface area contributed by atoms with E-state index < -0.39 is 0 Å². The molecule has 2 aromatic rings. The molecule has 0 saturated heterocycles. The highest BCUT2D eigenvalue weighted by atomic mass is 15.0. The van der Waals surface area contributed by atoms with Crippen LogP contribution in [-0.2, 0) is 6.42 Å². The fraction of sp³-hybridized carbons (Fsp3) is 0.375. The lowest BCUT2D eigenvalue weighted by atomic mass is 10.1. The fourth-order valence-corrected chi connectivity index (χ4v) is 1.95. The standard InChI is InChI=1S/C16H20N4/c1-16(2,3)19-8-7-15-18-11-14(20-15)13-6-4-5-12(9-13)10-17/h4-6,9,11,19H,7-8H2,1-3H3,(H,18,20). The molecule has 0 amide bonds. The lowest BCUT2D eigenvalue weighted by molar-refractivity contribution is 0.427. The molecule has 2 rings (SSSR count). The summed E-state index contributed by atoms with van der Waals surface area (Å²) in [5, 5.41) is 12.4. The van der Waals surface area contributed by atoms with Crippen molar-refractivity contribution in [3.8, 4) is 17.3 Å². The third-order valence-corrected chi connectivity index (χ3v) is 2.95. The number of hydrogen-bond donors (Lipinski definition) is 2. The van der Waals surface area contributed by atoms with Crippen molar-refractivity contribution in [2.75, 3.05) is 6.54 Å². The monoisotopic (exact) mass is 268 g/mol. The Morgan fingerprint density at radius 1 is 1.35 bits per heavy atom. The molecule has 4 nitrogen and oxygen atoms in total. The molecule has 1 heterocycles. The number of rotatable bonds is 4. The van der Waals surface area contributed by atoms with Gasteiger partial charge in [-0.15, -0.1) is 0 Å². The molecule has 0 spiro atoms. The molecule has 0 unspecified atom stereocenters. The molecule has 0 radical (unpaired) electrons. The smallest absolute Gasteiger partial charge is 0.107 e. The minimum atomic E-state index is 0.122. The molecule has 0 saturated carbocycles. The lowest BCUT2D eigenvalue weighted by Gasteiger charge is -2.19. The van der Waals surface area contributed by atoms with Gasteiger partial charge in [-0.3, -0.25) is 0 Å². The van der Waals surface area contributed by atoms with Crippen LogP contribution >= 0.6 is 0 Å². The Morgan fingerprint density at radius 2 is 2.15 bits per heavy atom. The van der Waals surface area contributed by atoms with Gasteiger partial charge < -0.3 is 10.3 Å². The predicted octanol–water partition coefficient (Wildman–Crippen LogP) is 2.88. The van der Waals surface area contributed by atoms with Crippen LogP contribution < -0.4 is 5.32 Å². The number of imidazole rings is 1. The lowest BCUT2D eigenvalue weighted by Crippen LogP contribution is -2.37. The largest absolute Gasteiger partial charge is 0.342 e. The van der Waals surface area contributed by atoms with Crippen molar-refractivity contribution < 1.29 is 0 Å². The van der Waals surface area contributed by atoms with Gasteiger partial charge in [-0.25, -0.2) is 4.98 Å². The second kappa shape index (κ2) is 5.89. The minimum absolute atomic E-state index is 0.122. The number of hydrogen-bond acceptors (Lipinski definition) is 3. The van der Waals surface area contributed by atoms with Gasteiger partial charge in [-0.1, -0.05) is 12.1 Å². The van der Waals surface area contributed by atoms with E-state index in [1.807, 2.05) is 24.4 Å². The zero-order chi connectivity index (χ0) is 14.6. The van der Waals surface area contributed by atoms with Gasteiger partial charge in [0.15, 0.2) is 0 Å². The van der Waals surface area contributed by atoms with Crippen molar-refractivity contribution in [1.82, 2.24) is 15.3 Å². The van der Waals surface area contributed by atoms with E-state index in [4.69, 9.17) is 5.26 Å². The van der Waals surface area contributed by atoms with Gasteiger partial charge in [0.05, 0.1) is 23.5 Å². The highest BCUT2D eigenvalue weighted by Gasteiger charge is 2.09. The van der Waals surface area contributed by atoms with Crippen LogP contribution in [-0.4, -0.2) is 22.1 Å². The van der Waals surface area contributed by atoms with E-state index >= 15 is 0 Å². The first kappa shape index (κ1) is 14.3. The normalized spacial score (nSPS) is 11.3. The van der Waals surface area contributed by atoms with Gasteiger partial charge in [-0.05, 0) is 32.9 Å². The first-order chi connectivity index (χ1) is 9.48. The van der Waals surface area contributed by atoms with Crippen molar-refractivity contribution in [2.45, 2.75) is 32.7 Å². The van der Waals surface area contributed by atoms with Crippen LogP contribution in [0.1, 0.15) is 32.2 Å². The van der Waals surface area contributed by atoms with Crippen LogP contribution in [0.15, 0.2) is 30.5 Å². The Bertz CT molecular complexity index is 614. The summed E-state index contributed by atoms with van der Waals surface area (Å²) in [4.78, 5) is 7.70. The fourth-order valence-electron chi connectivity index (χ4n) is 1.95. The van der Waals surface area contributed by atoms with E-state index in [0.29, 0.717) is 5.56 Å². The maximum atomic E-state index is 8.92. The molecular formula is C16H20N4. The number of aromatic nitrogens is 2. The van der Waals surface area contributed by atoms with Gasteiger partial charge >= 0.3 is 0 Å². The predicted molar refractivity (Wildman–Crippen MR) is 80.2 cm³/mol. The number of nitrogens with zero attached hydrogens (tertiary/aromatic N) is 2. The van der Waals surface area contributed by atoms with E-state index in [1.54, 1.807) is 6.07 Å². The average molecular weight is 268 g/mol. The molecule has 0 atom stereocenters. The average Bonchev–Trinajstić information content (AvgIpc) is 2.86. The van der Waals surface area contributed by atoms with E-state index in [2.05, 4.69) is 42.1 Å². The van der Waals surface area contributed by atoms with Crippen molar-refractivity contribution in [3.63, 3.8) is 0 Å². The van der Waals surface area contributed by atoms with Crippen LogP contribution in [0.2, 0.25) is 0 Å². The topological polar surface area (TPSA) is 64.5 Å². The summed E-state index contributed by atoms with van der Waals surface area (Å²) in [6.45, 7) is 7.32. The molecule has 104 valence electrons. The molecule has 0 aliphatic carbocycles. The molecule has 1 aromatic carbocycles. The zero-order valence-electron chi connectivity index (χ0n) is 12.2. The first-order valence-electron chi connectivity index (χ1n) is 6.77. The van der Waals surface area contributed by atoms with Crippen LogP contribution in [0.25, 0.3) is 11.3 Å². The maximum absolute atomic E-state index is 8.92. The Hall–Kier alpha value is -2.12. The highest BCUT2D eigenvalue weighted by Crippen LogP contribution is 2.18. The van der Waals surface area contributed by atoms with E-state index in [0.717, 1.165) is 30.0 Å². The highest BCUT2D eigenvalue weighted by molar-refractivity contribution is 5.60. The summed E-state index contributed by atoms with van der Waals surface area (Å²) in [6, 6.07) is 9.68. The molecule has 4 heteroatoms. The van der Waals surface area contributed by atoms with Crippen molar-refractivity contribution >= 4 is 0 Å². The van der Waals surface area contributed by atoms with Crippen molar-refractivity contribution in [1.29, 1.82) is 5.26 Å². The molecule has 2 N–H and O–H groups in total. The van der Waals surface area contributed by atoms with Crippen LogP contribution in [0.4, 0.5) is 0 Å². The summed E-state index contributed by atoms with van der Waals surface area (Å²) in [7, 11) is 0. The van der Waals surface area contributed by atoms with Crippen molar-refractivity contribution in [2.24, 2.45) is 0 Å². The van der Waals surface area contributed by atoms with Crippen LogP contribution in [0.5, 0.6) is 0 Å². The van der Waals surface area contributed by atoms with Crippen molar-refractivity contribution in [3.05, 3.63) is 41.9 Å². The van der Waals surface area contributed by atoms with E-state index in [9.17, 15) is 0 Å². The Morgan fingerprint density at radius 3 is 2.85 bits per heavy atom. The Balaban J connectivity index is 2.03. The number of nitrogens with one attached hydrogen (secondary N) is 2. The van der Waals surface area contributed by atoms with Gasteiger partial charge in [0.25, 0.3) is 0 Å². The third kappa shape index (κ3) is 3.94. The zero-order valence-corrected chi connectivity index (χ0v) is 12.2. The number of benzene rings is 1. The Kier molecular flexibility index (Phi) is 4.21.